The van der Waals surface area contributed by atoms with Crippen molar-refractivity contribution in [3.05, 3.63) is 33.8 Å². The van der Waals surface area contributed by atoms with Gasteiger partial charge in [-0.1, -0.05) is 22.0 Å². The lowest BCUT2D eigenvalue weighted by molar-refractivity contribution is 0.775. The lowest BCUT2D eigenvalue weighted by atomic mass is 9.95. The molecule has 0 amide bonds. The minimum atomic E-state index is 0.804. The van der Waals surface area contributed by atoms with E-state index >= 15 is 0 Å². The average Bonchev–Trinajstić information content (AvgIpc) is 2.56. The predicted molar refractivity (Wildman–Crippen MR) is 63.6 cm³/mol. The molecule has 1 unspecified atom stereocenters. The minimum Gasteiger partial charge on any atom is -0.161 e. The molecule has 1 fully saturated rings. The van der Waals surface area contributed by atoms with Crippen LogP contribution in [0.2, 0.25) is 0 Å². The number of halogens is 1. The fraction of sp³-hybridized carbons (Fsp3) is 0.455. The molecule has 0 bridgehead atoms. The summed E-state index contributed by atoms with van der Waals surface area (Å²) in [6, 6.07) is 6.65. The van der Waals surface area contributed by atoms with Crippen molar-refractivity contribution in [2.45, 2.75) is 19.3 Å². The number of rotatable bonds is 1. The zero-order valence-electron chi connectivity index (χ0n) is 7.72. The molecule has 0 spiro atoms. The Morgan fingerprint density at radius 1 is 1.46 bits per heavy atom. The summed E-state index contributed by atoms with van der Waals surface area (Å²) in [5.74, 6) is 3.45. The van der Waals surface area contributed by atoms with Gasteiger partial charge >= 0.3 is 0 Å². The second kappa shape index (κ2) is 4.05. The highest BCUT2D eigenvalue weighted by Crippen LogP contribution is 2.34. The molecular formula is C11H13BrS. The molecule has 1 heterocycles. The first-order chi connectivity index (χ1) is 6.27. The monoisotopic (exact) mass is 256 g/mol. The van der Waals surface area contributed by atoms with Gasteiger partial charge in [0.25, 0.3) is 0 Å². The minimum absolute atomic E-state index is 0.804. The zero-order chi connectivity index (χ0) is 9.26. The molecule has 1 saturated heterocycles. The summed E-state index contributed by atoms with van der Waals surface area (Å²) in [5.41, 5.74) is 2.98. The molecule has 1 atom stereocenters. The molecule has 0 radical (unpaired) electrons. The van der Waals surface area contributed by atoms with Crippen molar-refractivity contribution in [2.24, 2.45) is 0 Å². The van der Waals surface area contributed by atoms with Gasteiger partial charge < -0.3 is 0 Å². The van der Waals surface area contributed by atoms with E-state index in [1.54, 1.807) is 5.56 Å². The van der Waals surface area contributed by atoms with Crippen molar-refractivity contribution < 1.29 is 0 Å². The highest BCUT2D eigenvalue weighted by molar-refractivity contribution is 9.10. The summed E-state index contributed by atoms with van der Waals surface area (Å²) >= 11 is 5.58. The number of hydrogen-bond acceptors (Lipinski definition) is 1. The molecule has 1 aromatic rings. The van der Waals surface area contributed by atoms with Crippen LogP contribution < -0.4 is 0 Å². The maximum absolute atomic E-state index is 3.50. The summed E-state index contributed by atoms with van der Waals surface area (Å²) in [7, 11) is 0. The van der Waals surface area contributed by atoms with Crippen LogP contribution >= 0.6 is 27.7 Å². The molecule has 0 nitrogen and oxygen atoms in total. The van der Waals surface area contributed by atoms with Gasteiger partial charge in [0.2, 0.25) is 0 Å². The summed E-state index contributed by atoms with van der Waals surface area (Å²) in [6.07, 6.45) is 1.35. The van der Waals surface area contributed by atoms with Crippen LogP contribution in [-0.2, 0) is 0 Å². The average molecular weight is 257 g/mol. The standard InChI is InChI=1S/C11H13BrS/c1-8-6-10(12)2-3-11(8)9-4-5-13-7-9/h2-3,6,9H,4-5,7H2,1H3. The molecule has 0 aliphatic carbocycles. The van der Waals surface area contributed by atoms with E-state index in [1.807, 2.05) is 0 Å². The Labute approximate surface area is 92.2 Å². The molecule has 1 aromatic carbocycles. The molecular weight excluding hydrogens is 244 g/mol. The summed E-state index contributed by atoms with van der Waals surface area (Å²) in [5, 5.41) is 0. The molecule has 1 aliphatic rings. The molecule has 2 rings (SSSR count). The largest absolute Gasteiger partial charge is 0.161 e. The van der Waals surface area contributed by atoms with Gasteiger partial charge in [0.1, 0.15) is 0 Å². The number of benzene rings is 1. The molecule has 13 heavy (non-hydrogen) atoms. The highest BCUT2D eigenvalue weighted by Gasteiger charge is 2.18. The molecule has 0 saturated carbocycles. The summed E-state index contributed by atoms with van der Waals surface area (Å²) in [4.78, 5) is 0. The Morgan fingerprint density at radius 3 is 2.92 bits per heavy atom. The van der Waals surface area contributed by atoms with Crippen LogP contribution in [-0.4, -0.2) is 11.5 Å². The van der Waals surface area contributed by atoms with Crippen molar-refractivity contribution >= 4 is 27.7 Å². The van der Waals surface area contributed by atoms with Gasteiger partial charge in [-0.15, -0.1) is 0 Å². The predicted octanol–water partition coefficient (Wildman–Crippen LogP) is 3.98. The van der Waals surface area contributed by atoms with E-state index in [9.17, 15) is 0 Å². The van der Waals surface area contributed by atoms with Crippen molar-refractivity contribution in [1.82, 2.24) is 0 Å². The van der Waals surface area contributed by atoms with E-state index in [-0.39, 0.29) is 0 Å². The van der Waals surface area contributed by atoms with Crippen LogP contribution in [0, 0.1) is 6.92 Å². The van der Waals surface area contributed by atoms with Gasteiger partial charge in [0, 0.05) is 10.2 Å². The van der Waals surface area contributed by atoms with Crippen molar-refractivity contribution in [2.75, 3.05) is 11.5 Å². The Morgan fingerprint density at radius 2 is 2.31 bits per heavy atom. The third-order valence-corrected chi connectivity index (χ3v) is 4.26. The van der Waals surface area contributed by atoms with Crippen LogP contribution in [0.4, 0.5) is 0 Å². The van der Waals surface area contributed by atoms with E-state index in [0.29, 0.717) is 0 Å². The fourth-order valence-electron chi connectivity index (χ4n) is 1.88. The van der Waals surface area contributed by atoms with Crippen LogP contribution in [0.5, 0.6) is 0 Å². The van der Waals surface area contributed by atoms with Crippen LogP contribution in [0.15, 0.2) is 22.7 Å². The lowest BCUT2D eigenvalue weighted by Gasteiger charge is -2.12. The van der Waals surface area contributed by atoms with Gasteiger partial charge in [0.15, 0.2) is 0 Å². The Balaban J connectivity index is 2.29. The smallest absolute Gasteiger partial charge is 0.0178 e. The Kier molecular flexibility index (Phi) is 2.99. The van der Waals surface area contributed by atoms with Gasteiger partial charge in [-0.05, 0) is 48.3 Å². The maximum atomic E-state index is 3.50. The SMILES string of the molecule is Cc1cc(Br)ccc1C1CCSC1. The first-order valence-electron chi connectivity index (χ1n) is 4.61. The van der Waals surface area contributed by atoms with Gasteiger partial charge in [-0.2, -0.15) is 11.8 Å². The van der Waals surface area contributed by atoms with E-state index < -0.39 is 0 Å². The molecule has 2 heteroatoms. The zero-order valence-corrected chi connectivity index (χ0v) is 10.1. The topological polar surface area (TPSA) is 0 Å². The number of thioether (sulfide) groups is 1. The molecule has 1 aliphatic heterocycles. The van der Waals surface area contributed by atoms with Crippen LogP contribution in [0.3, 0.4) is 0 Å². The lowest BCUT2D eigenvalue weighted by Crippen LogP contribution is -1.98. The first kappa shape index (κ1) is 9.60. The third kappa shape index (κ3) is 2.10. The quantitative estimate of drug-likeness (QED) is 0.733. The maximum Gasteiger partial charge on any atom is 0.0178 e. The first-order valence-corrected chi connectivity index (χ1v) is 6.56. The molecule has 0 aromatic heterocycles. The van der Waals surface area contributed by atoms with Crippen LogP contribution in [0.1, 0.15) is 23.5 Å². The molecule has 70 valence electrons. The summed E-state index contributed by atoms with van der Waals surface area (Å²) < 4.78 is 1.19. The second-order valence-electron chi connectivity index (χ2n) is 3.56. The normalized spacial score (nSPS) is 22.2. The second-order valence-corrected chi connectivity index (χ2v) is 5.63. The van der Waals surface area contributed by atoms with Crippen LogP contribution in [0.25, 0.3) is 0 Å². The Bertz CT molecular complexity index is 303. The third-order valence-electron chi connectivity index (χ3n) is 2.60. The van der Waals surface area contributed by atoms with Crippen molar-refractivity contribution in [1.29, 1.82) is 0 Å². The number of aryl methyl sites for hydroxylation is 1. The van der Waals surface area contributed by atoms with E-state index in [4.69, 9.17) is 0 Å². The van der Waals surface area contributed by atoms with Gasteiger partial charge in [0.05, 0.1) is 0 Å². The highest BCUT2D eigenvalue weighted by atomic mass is 79.9. The van der Waals surface area contributed by atoms with E-state index in [1.165, 1.54) is 28.0 Å². The molecule has 0 N–H and O–H groups in total. The van der Waals surface area contributed by atoms with E-state index in [2.05, 4.69) is 52.8 Å². The Hall–Kier alpha value is 0.0500. The van der Waals surface area contributed by atoms with Crippen molar-refractivity contribution in [3.8, 4) is 0 Å². The van der Waals surface area contributed by atoms with Gasteiger partial charge in [-0.3, -0.25) is 0 Å². The number of hydrogen-bond donors (Lipinski definition) is 0. The summed E-state index contributed by atoms with van der Waals surface area (Å²) in [6.45, 7) is 2.21. The van der Waals surface area contributed by atoms with E-state index in [0.717, 1.165) is 5.92 Å². The van der Waals surface area contributed by atoms with Gasteiger partial charge in [-0.25, -0.2) is 0 Å². The fourth-order valence-corrected chi connectivity index (χ4v) is 3.60. The van der Waals surface area contributed by atoms with Crippen molar-refractivity contribution in [3.63, 3.8) is 0 Å².